The molecule has 5 rings (SSSR count). The molecule has 0 radical (unpaired) electrons. The molecule has 38 heavy (non-hydrogen) atoms. The molecule has 1 aromatic heterocycles. The molecule has 0 fully saturated rings. The fourth-order valence-corrected chi connectivity index (χ4v) is 13.3. The maximum absolute atomic E-state index is 4.01. The maximum Gasteiger partial charge on any atom is 0.138 e. The van der Waals surface area contributed by atoms with Gasteiger partial charge in [0.2, 0.25) is 0 Å². The van der Waals surface area contributed by atoms with Gasteiger partial charge < -0.3 is 0 Å². The van der Waals surface area contributed by atoms with Crippen LogP contribution in [0.1, 0.15) is 64.2 Å². The molecule has 2 heterocycles. The Bertz CT molecular complexity index is 1480. The van der Waals surface area contributed by atoms with Crippen molar-refractivity contribution in [1.82, 2.24) is 0 Å². The van der Waals surface area contributed by atoms with Crippen LogP contribution in [-0.2, 0) is 6.42 Å². The summed E-state index contributed by atoms with van der Waals surface area (Å²) in [7, 11) is -3.13. The number of hydrogen-bond donors (Lipinski definition) is 0. The van der Waals surface area contributed by atoms with E-state index >= 15 is 0 Å². The predicted octanol–water partition coefficient (Wildman–Crippen LogP) is 8.24. The predicted molar refractivity (Wildman–Crippen MR) is 176 cm³/mol. The van der Waals surface area contributed by atoms with Crippen LogP contribution in [0, 0.1) is 28.8 Å². The van der Waals surface area contributed by atoms with Crippen LogP contribution in [0.15, 0.2) is 34.0 Å². The lowest BCUT2D eigenvalue weighted by molar-refractivity contribution is 0.723. The fourth-order valence-electron chi connectivity index (χ4n) is 6.45. The molecule has 0 N–H and O–H groups in total. The smallest absolute Gasteiger partial charge is 0.138 e. The van der Waals surface area contributed by atoms with Crippen LogP contribution in [-0.4, -0.2) is 21.9 Å². The quantitative estimate of drug-likeness (QED) is 0.249. The number of rotatable bonds is 6. The van der Waals surface area contributed by atoms with Gasteiger partial charge >= 0.3 is 0 Å². The zero-order valence-electron chi connectivity index (χ0n) is 24.1. The largest absolute Gasteiger partial charge is 0.144 e. The Kier molecular flexibility index (Phi) is 8.37. The molecule has 1 aliphatic heterocycles. The number of hydrogen-bond acceptors (Lipinski definition) is 2. The first-order valence-electron chi connectivity index (χ1n) is 14.8. The number of allylic oxidation sites excluding steroid dienone is 2. The van der Waals surface area contributed by atoms with Crippen molar-refractivity contribution in [2.45, 2.75) is 95.0 Å². The van der Waals surface area contributed by atoms with E-state index in [0.717, 1.165) is 0 Å². The van der Waals surface area contributed by atoms with Crippen LogP contribution < -0.4 is 9.75 Å². The van der Waals surface area contributed by atoms with E-state index in [1.165, 1.54) is 90.9 Å². The number of thioether (sulfide) groups is 1. The Labute approximate surface area is 241 Å². The van der Waals surface area contributed by atoms with Gasteiger partial charge in [-0.1, -0.05) is 53.5 Å². The molecule has 0 saturated carbocycles. The highest BCUT2D eigenvalue weighted by atomic mass is 32.2. The van der Waals surface area contributed by atoms with Crippen LogP contribution in [0.25, 0.3) is 17.7 Å². The summed E-state index contributed by atoms with van der Waals surface area (Å²) in [6, 6.07) is 14.8. The Morgan fingerprint density at radius 1 is 0.895 bits per heavy atom. The molecular weight excluding hydrogens is 529 g/mol. The Balaban J connectivity index is 1.79. The first-order chi connectivity index (χ1) is 18.5. The molecule has 0 amide bonds. The van der Waals surface area contributed by atoms with Gasteiger partial charge in [0.1, 0.15) is 16.1 Å². The van der Waals surface area contributed by atoms with Crippen LogP contribution >= 0.6 is 23.1 Å². The van der Waals surface area contributed by atoms with Gasteiger partial charge in [0, 0.05) is 26.7 Å². The second kappa shape index (κ2) is 11.4. The molecule has 0 nitrogen and oxygen atoms in total. The van der Waals surface area contributed by atoms with E-state index in [2.05, 4.69) is 100 Å². The third-order valence-electron chi connectivity index (χ3n) is 9.85. The van der Waals surface area contributed by atoms with Crippen molar-refractivity contribution in [3.05, 3.63) is 55.6 Å². The minimum absolute atomic E-state index is 0.211. The molecule has 0 saturated heterocycles. The molecule has 2 aliphatic carbocycles. The fraction of sp³-hybridized carbons (Fsp3) is 0.471. The van der Waals surface area contributed by atoms with E-state index in [1.807, 2.05) is 23.1 Å². The third kappa shape index (κ3) is 4.88. The van der Waals surface area contributed by atoms with Gasteiger partial charge in [0.15, 0.2) is 0 Å². The van der Waals surface area contributed by atoms with Crippen LogP contribution in [0.3, 0.4) is 0 Å². The van der Waals surface area contributed by atoms with Crippen molar-refractivity contribution in [2.75, 3.05) is 5.75 Å². The number of fused-ring (bicyclic) bond motifs is 4. The molecule has 1 aromatic carbocycles. The highest BCUT2D eigenvalue weighted by Crippen LogP contribution is 2.48. The average Bonchev–Trinajstić information content (AvgIpc) is 3.62. The van der Waals surface area contributed by atoms with E-state index in [9.17, 15) is 0 Å². The molecule has 0 spiro atoms. The van der Waals surface area contributed by atoms with Crippen molar-refractivity contribution in [1.29, 1.82) is 0 Å². The summed E-state index contributed by atoms with van der Waals surface area (Å²) in [6.07, 6.45) is 6.18. The number of aryl methyl sites for hydroxylation is 1. The summed E-state index contributed by atoms with van der Waals surface area (Å²) < 4.78 is 1.38. The van der Waals surface area contributed by atoms with Crippen molar-refractivity contribution in [3.8, 4) is 22.9 Å². The highest BCUT2D eigenvalue weighted by Gasteiger charge is 2.36. The summed E-state index contributed by atoms with van der Waals surface area (Å²) in [5.74, 6) is 9.59. The topological polar surface area (TPSA) is 0 Å². The normalized spacial score (nSPS) is 19.5. The van der Waals surface area contributed by atoms with E-state index in [1.54, 1.807) is 0 Å². The zero-order valence-corrected chi connectivity index (χ0v) is 27.7. The second-order valence-corrected chi connectivity index (χ2v) is 23.2. The summed E-state index contributed by atoms with van der Waals surface area (Å²) >= 11 is 3.89. The molecule has 2 atom stereocenters. The minimum atomic E-state index is -1.57. The lowest BCUT2D eigenvalue weighted by Gasteiger charge is -2.33. The van der Waals surface area contributed by atoms with Crippen LogP contribution in [0.4, 0.5) is 0 Å². The van der Waals surface area contributed by atoms with Crippen LogP contribution in [0.2, 0.25) is 36.3 Å². The van der Waals surface area contributed by atoms with Gasteiger partial charge in [0.25, 0.3) is 0 Å². The number of benzene rings is 1. The van der Waals surface area contributed by atoms with Crippen molar-refractivity contribution in [2.24, 2.45) is 5.92 Å². The van der Waals surface area contributed by atoms with Gasteiger partial charge in [0.05, 0.1) is 5.92 Å². The molecule has 2 aromatic rings. The average molecular weight is 571 g/mol. The molecule has 0 bridgehead atoms. The highest BCUT2D eigenvalue weighted by molar-refractivity contribution is 7.99. The van der Waals surface area contributed by atoms with Crippen molar-refractivity contribution in [3.63, 3.8) is 0 Å². The van der Waals surface area contributed by atoms with Gasteiger partial charge in [-0.25, -0.2) is 0 Å². The lowest BCUT2D eigenvalue weighted by Crippen LogP contribution is -2.32. The molecular formula is C34H42S2Si2. The molecule has 4 heteroatoms. The summed E-state index contributed by atoms with van der Waals surface area (Å²) in [5.41, 5.74) is 15.0. The number of thiophene rings is 1. The van der Waals surface area contributed by atoms with Crippen molar-refractivity contribution >= 4 is 57.0 Å². The SMILES string of the molecule is CC[Si](C#CC1=C2C=c3sccc3=CC2C(C#C[Si](CC)(CC)CC)c2cc3c(cc21)CCS3)(CC)CC. The first kappa shape index (κ1) is 27.9. The lowest BCUT2D eigenvalue weighted by atomic mass is 9.70. The van der Waals surface area contributed by atoms with Crippen LogP contribution in [0.5, 0.6) is 0 Å². The first-order valence-corrected chi connectivity index (χ1v) is 21.9. The summed E-state index contributed by atoms with van der Waals surface area (Å²) in [5, 5.41) is 3.62. The molecule has 198 valence electrons. The Hall–Kier alpha value is -1.70. The monoisotopic (exact) mass is 570 g/mol. The Morgan fingerprint density at radius 2 is 1.58 bits per heavy atom. The van der Waals surface area contributed by atoms with Gasteiger partial charge in [-0.05, 0) is 99.8 Å². The van der Waals surface area contributed by atoms with Gasteiger partial charge in [-0.15, -0.1) is 40.1 Å². The second-order valence-electron chi connectivity index (χ2n) is 11.2. The van der Waals surface area contributed by atoms with Crippen molar-refractivity contribution < 1.29 is 0 Å². The molecule has 3 aliphatic rings. The van der Waals surface area contributed by atoms with E-state index in [4.69, 9.17) is 0 Å². The van der Waals surface area contributed by atoms with Gasteiger partial charge in [-0.2, -0.15) is 0 Å². The minimum Gasteiger partial charge on any atom is -0.144 e. The van der Waals surface area contributed by atoms with E-state index < -0.39 is 16.1 Å². The Morgan fingerprint density at radius 3 is 2.26 bits per heavy atom. The maximum atomic E-state index is 4.01. The standard InChI is InChI=1S/C34H42S2Si2/c1-7-37(8-2,9-3)19-15-27-29-21-25-13-17-36-34(25)24-32(29)28(16-20-38(10-4,11-5)12-6)30-22-26-14-18-35-33(26)23-31(27)30/h13,17,21-24,27,29H,7-12,14,18H2,1-6H3. The zero-order chi connectivity index (χ0) is 26.9. The molecule has 2 unspecified atom stereocenters. The van der Waals surface area contributed by atoms with E-state index in [0.29, 0.717) is 0 Å². The van der Waals surface area contributed by atoms with Gasteiger partial charge in [-0.3, -0.25) is 0 Å². The summed E-state index contributed by atoms with van der Waals surface area (Å²) in [4.78, 5) is 1.48. The summed E-state index contributed by atoms with van der Waals surface area (Å²) in [6.45, 7) is 14.2. The third-order valence-corrected chi connectivity index (χ3v) is 21.3. The van der Waals surface area contributed by atoms with E-state index in [-0.39, 0.29) is 11.8 Å².